The summed E-state index contributed by atoms with van der Waals surface area (Å²) in [5, 5.41) is 12.9. The van der Waals surface area contributed by atoms with Gasteiger partial charge in [-0.25, -0.2) is 10.8 Å². The van der Waals surface area contributed by atoms with Crippen LogP contribution in [0.5, 0.6) is 0 Å². The topological polar surface area (TPSA) is 100 Å². The highest BCUT2D eigenvalue weighted by Crippen LogP contribution is 2.18. The van der Waals surface area contributed by atoms with Gasteiger partial charge in [0.25, 0.3) is 5.91 Å². The maximum atomic E-state index is 12.1. The first kappa shape index (κ1) is 13.8. The van der Waals surface area contributed by atoms with Gasteiger partial charge in [0.2, 0.25) is 0 Å². The zero-order valence-corrected chi connectivity index (χ0v) is 10.8. The van der Waals surface area contributed by atoms with Crippen molar-refractivity contribution in [3.05, 3.63) is 23.9 Å². The molecule has 1 aliphatic carbocycles. The Labute approximate surface area is 112 Å². The van der Waals surface area contributed by atoms with E-state index in [2.05, 4.69) is 15.7 Å². The molecule has 0 aliphatic heterocycles. The molecule has 2 rings (SSSR count). The van der Waals surface area contributed by atoms with E-state index >= 15 is 0 Å². The number of nitrogens with two attached hydrogens (primary N) is 1. The Balaban J connectivity index is 1.98. The number of rotatable bonds is 3. The fourth-order valence-electron chi connectivity index (χ4n) is 2.32. The van der Waals surface area contributed by atoms with Gasteiger partial charge < -0.3 is 15.8 Å². The van der Waals surface area contributed by atoms with Crippen molar-refractivity contribution in [3.63, 3.8) is 0 Å². The number of aromatic nitrogens is 1. The van der Waals surface area contributed by atoms with Crippen molar-refractivity contribution < 1.29 is 9.90 Å². The third-order valence-electron chi connectivity index (χ3n) is 3.47. The van der Waals surface area contributed by atoms with Gasteiger partial charge >= 0.3 is 0 Å². The third-order valence-corrected chi connectivity index (χ3v) is 3.47. The Bertz CT molecular complexity index is 421. The molecule has 1 aromatic heterocycles. The highest BCUT2D eigenvalue weighted by atomic mass is 16.3. The molecule has 0 bridgehead atoms. The van der Waals surface area contributed by atoms with Gasteiger partial charge in [0.1, 0.15) is 5.82 Å². The van der Waals surface area contributed by atoms with Gasteiger partial charge in [0.05, 0.1) is 17.7 Å². The van der Waals surface area contributed by atoms with Crippen LogP contribution >= 0.6 is 0 Å². The van der Waals surface area contributed by atoms with E-state index in [9.17, 15) is 9.90 Å². The van der Waals surface area contributed by atoms with Gasteiger partial charge in [0.15, 0.2) is 0 Å². The largest absolute Gasteiger partial charge is 0.391 e. The Kier molecular flexibility index (Phi) is 4.70. The lowest BCUT2D eigenvalue weighted by atomic mass is 10.1. The normalized spacial score (nSPS) is 23.5. The Morgan fingerprint density at radius 1 is 1.32 bits per heavy atom. The van der Waals surface area contributed by atoms with Gasteiger partial charge in [-0.2, -0.15) is 0 Å². The molecule has 1 saturated carbocycles. The van der Waals surface area contributed by atoms with E-state index in [1.54, 1.807) is 12.1 Å². The van der Waals surface area contributed by atoms with Crippen LogP contribution in [0.4, 0.5) is 5.82 Å². The van der Waals surface area contributed by atoms with Crippen LogP contribution in [0, 0.1) is 0 Å². The average molecular weight is 264 g/mol. The van der Waals surface area contributed by atoms with E-state index in [0.717, 1.165) is 32.1 Å². The molecule has 6 nitrogen and oxygen atoms in total. The second-order valence-electron chi connectivity index (χ2n) is 4.86. The summed E-state index contributed by atoms with van der Waals surface area (Å²) in [5.41, 5.74) is 2.87. The summed E-state index contributed by atoms with van der Waals surface area (Å²) in [7, 11) is 0. The number of hydrogen-bond acceptors (Lipinski definition) is 5. The van der Waals surface area contributed by atoms with Crippen LogP contribution in [0.1, 0.15) is 42.5 Å². The number of nitrogens with zero attached hydrogens (tertiary/aromatic N) is 1. The Morgan fingerprint density at radius 2 is 2.11 bits per heavy atom. The summed E-state index contributed by atoms with van der Waals surface area (Å²) >= 11 is 0. The molecule has 0 spiro atoms. The number of aliphatic hydroxyl groups is 1. The number of nitrogen functional groups attached to an aromatic ring is 1. The standard InChI is InChI=1S/C13H20N4O2/c14-17-12-7-6-9(8-15-12)13(19)16-10-4-2-1-3-5-11(10)18/h6-8,10-11,18H,1-5,14H2,(H,15,17)(H,16,19). The van der Waals surface area contributed by atoms with Gasteiger partial charge in [-0.3, -0.25) is 4.79 Å². The SMILES string of the molecule is NNc1ccc(C(=O)NC2CCCCCC2O)cn1. The second kappa shape index (κ2) is 6.49. The highest BCUT2D eigenvalue weighted by Gasteiger charge is 2.23. The first-order chi connectivity index (χ1) is 9.20. The molecule has 0 saturated heterocycles. The van der Waals surface area contributed by atoms with Crippen LogP contribution in [0.15, 0.2) is 18.3 Å². The molecule has 2 atom stereocenters. The van der Waals surface area contributed by atoms with Crippen LogP contribution in [-0.4, -0.2) is 28.1 Å². The highest BCUT2D eigenvalue weighted by molar-refractivity contribution is 5.94. The Morgan fingerprint density at radius 3 is 2.79 bits per heavy atom. The minimum absolute atomic E-state index is 0.165. The molecule has 1 heterocycles. The van der Waals surface area contributed by atoms with Crippen molar-refractivity contribution in [3.8, 4) is 0 Å². The van der Waals surface area contributed by atoms with Crippen molar-refractivity contribution in [1.29, 1.82) is 0 Å². The summed E-state index contributed by atoms with van der Waals surface area (Å²) in [6.07, 6.45) is 5.75. The monoisotopic (exact) mass is 264 g/mol. The molecular weight excluding hydrogens is 244 g/mol. The summed E-state index contributed by atoms with van der Waals surface area (Å²) in [6.45, 7) is 0. The molecule has 19 heavy (non-hydrogen) atoms. The lowest BCUT2D eigenvalue weighted by Gasteiger charge is -2.21. The van der Waals surface area contributed by atoms with Crippen molar-refractivity contribution in [2.24, 2.45) is 5.84 Å². The molecule has 1 fully saturated rings. The number of nitrogens with one attached hydrogen (secondary N) is 2. The maximum absolute atomic E-state index is 12.1. The molecule has 6 heteroatoms. The van der Waals surface area contributed by atoms with E-state index in [0.29, 0.717) is 11.4 Å². The summed E-state index contributed by atoms with van der Waals surface area (Å²) in [5.74, 6) is 5.51. The van der Waals surface area contributed by atoms with E-state index in [-0.39, 0.29) is 11.9 Å². The number of pyridine rings is 1. The molecule has 1 amide bonds. The average Bonchev–Trinajstić information content (AvgIpc) is 2.64. The minimum atomic E-state index is -0.454. The fourth-order valence-corrected chi connectivity index (χ4v) is 2.32. The number of anilines is 1. The van der Waals surface area contributed by atoms with Crippen LogP contribution in [0.25, 0.3) is 0 Å². The number of hydrazine groups is 1. The molecule has 104 valence electrons. The molecule has 1 aliphatic rings. The van der Waals surface area contributed by atoms with Crippen LogP contribution < -0.4 is 16.6 Å². The Hall–Kier alpha value is -1.66. The van der Waals surface area contributed by atoms with Crippen LogP contribution in [0.3, 0.4) is 0 Å². The van der Waals surface area contributed by atoms with Gasteiger partial charge in [-0.1, -0.05) is 19.3 Å². The van der Waals surface area contributed by atoms with Crippen LogP contribution in [0.2, 0.25) is 0 Å². The number of amides is 1. The van der Waals surface area contributed by atoms with E-state index < -0.39 is 6.10 Å². The number of carbonyl (C=O) groups excluding carboxylic acids is 1. The predicted octanol–water partition coefficient (Wildman–Crippen LogP) is 0.791. The minimum Gasteiger partial charge on any atom is -0.391 e. The van der Waals surface area contributed by atoms with Crippen molar-refractivity contribution in [2.75, 3.05) is 5.43 Å². The van der Waals surface area contributed by atoms with Crippen molar-refractivity contribution in [2.45, 2.75) is 44.2 Å². The zero-order valence-electron chi connectivity index (χ0n) is 10.8. The van der Waals surface area contributed by atoms with Crippen molar-refractivity contribution >= 4 is 11.7 Å². The third kappa shape index (κ3) is 3.65. The smallest absolute Gasteiger partial charge is 0.253 e. The molecule has 2 unspecified atom stereocenters. The summed E-state index contributed by atoms with van der Waals surface area (Å²) < 4.78 is 0. The fraction of sp³-hybridized carbons (Fsp3) is 0.538. The first-order valence-electron chi connectivity index (χ1n) is 6.62. The van der Waals surface area contributed by atoms with E-state index in [1.807, 2.05) is 0 Å². The maximum Gasteiger partial charge on any atom is 0.253 e. The van der Waals surface area contributed by atoms with Crippen molar-refractivity contribution in [1.82, 2.24) is 10.3 Å². The lowest BCUT2D eigenvalue weighted by Crippen LogP contribution is -2.42. The zero-order chi connectivity index (χ0) is 13.7. The van der Waals surface area contributed by atoms with Crippen LogP contribution in [-0.2, 0) is 0 Å². The van der Waals surface area contributed by atoms with Gasteiger partial charge in [-0.15, -0.1) is 0 Å². The molecule has 0 radical (unpaired) electrons. The molecule has 1 aromatic rings. The van der Waals surface area contributed by atoms with E-state index in [4.69, 9.17) is 5.84 Å². The number of hydrogen-bond donors (Lipinski definition) is 4. The van der Waals surface area contributed by atoms with E-state index in [1.165, 1.54) is 6.20 Å². The quantitative estimate of drug-likeness (QED) is 0.367. The first-order valence-corrected chi connectivity index (χ1v) is 6.62. The lowest BCUT2D eigenvalue weighted by molar-refractivity contribution is 0.0818. The molecular formula is C13H20N4O2. The predicted molar refractivity (Wildman–Crippen MR) is 72.4 cm³/mol. The molecule has 0 aromatic carbocycles. The summed E-state index contributed by atoms with van der Waals surface area (Å²) in [6, 6.07) is 3.13. The second-order valence-corrected chi connectivity index (χ2v) is 4.86. The molecule has 5 N–H and O–H groups in total. The number of carbonyl (C=O) groups is 1. The summed E-state index contributed by atoms with van der Waals surface area (Å²) in [4.78, 5) is 16.0. The number of aliphatic hydroxyl groups excluding tert-OH is 1. The van der Waals surface area contributed by atoms with Gasteiger partial charge in [0, 0.05) is 6.20 Å². The van der Waals surface area contributed by atoms with Gasteiger partial charge in [-0.05, 0) is 25.0 Å².